The minimum absolute atomic E-state index is 0.511. The van der Waals surface area contributed by atoms with Crippen LogP contribution in [0.25, 0.3) is 10.9 Å². The Kier molecular flexibility index (Phi) is 3.28. The van der Waals surface area contributed by atoms with Crippen molar-refractivity contribution in [2.45, 2.75) is 0 Å². The van der Waals surface area contributed by atoms with Crippen molar-refractivity contribution in [3.8, 4) is 0 Å². The van der Waals surface area contributed by atoms with Gasteiger partial charge in [-0.2, -0.15) is 0 Å². The van der Waals surface area contributed by atoms with Gasteiger partial charge in [-0.15, -0.1) is 0 Å². The van der Waals surface area contributed by atoms with Gasteiger partial charge in [0.05, 0.1) is 26.9 Å². The van der Waals surface area contributed by atoms with E-state index >= 15 is 0 Å². The van der Waals surface area contributed by atoms with Crippen molar-refractivity contribution in [1.82, 2.24) is 4.98 Å². The highest BCUT2D eigenvalue weighted by molar-refractivity contribution is 6.43. The van der Waals surface area contributed by atoms with E-state index in [2.05, 4.69) is 10.3 Å². The molecule has 2 aromatic carbocycles. The number of nitrogens with one attached hydrogen (secondary N) is 1. The lowest BCUT2D eigenvalue weighted by Crippen LogP contribution is -1.93. The van der Waals surface area contributed by atoms with Crippen molar-refractivity contribution in [1.29, 1.82) is 0 Å². The van der Waals surface area contributed by atoms with Crippen LogP contribution < -0.4 is 5.32 Å². The van der Waals surface area contributed by atoms with Crippen molar-refractivity contribution < 1.29 is 0 Å². The Labute approximate surface area is 121 Å². The zero-order valence-electron chi connectivity index (χ0n) is 9.90. The summed E-state index contributed by atoms with van der Waals surface area (Å²) in [4.78, 5) is 4.39. The monoisotopic (exact) mass is 288 g/mol. The molecule has 0 fully saturated rings. The molecule has 0 aliphatic heterocycles. The van der Waals surface area contributed by atoms with Crippen molar-refractivity contribution in [2.75, 3.05) is 5.32 Å². The first-order valence-electron chi connectivity index (χ1n) is 5.80. The highest BCUT2D eigenvalue weighted by Crippen LogP contribution is 2.33. The third kappa shape index (κ3) is 2.37. The Morgan fingerprint density at radius 2 is 1.58 bits per heavy atom. The summed E-state index contributed by atoms with van der Waals surface area (Å²) in [5, 5.41) is 5.39. The number of hydrogen-bond acceptors (Lipinski definition) is 2. The Morgan fingerprint density at radius 3 is 2.47 bits per heavy atom. The second-order valence-corrected chi connectivity index (χ2v) is 4.89. The summed E-state index contributed by atoms with van der Waals surface area (Å²) >= 11 is 12.2. The molecule has 1 N–H and O–H groups in total. The first-order chi connectivity index (χ1) is 9.25. The van der Waals surface area contributed by atoms with E-state index < -0.39 is 0 Å². The Hall–Kier alpha value is -1.77. The van der Waals surface area contributed by atoms with Gasteiger partial charge in [0.1, 0.15) is 0 Å². The Morgan fingerprint density at radius 1 is 0.842 bits per heavy atom. The Bertz CT molecular complexity index is 736. The fourth-order valence-electron chi connectivity index (χ4n) is 1.95. The molecule has 0 saturated heterocycles. The molecule has 19 heavy (non-hydrogen) atoms. The van der Waals surface area contributed by atoms with Crippen LogP contribution in [-0.2, 0) is 0 Å². The SMILES string of the molecule is Clc1cccc(Nc2cccc3cccnc23)c1Cl. The van der Waals surface area contributed by atoms with Gasteiger partial charge >= 0.3 is 0 Å². The number of halogens is 2. The number of pyridine rings is 1. The third-order valence-electron chi connectivity index (χ3n) is 2.85. The van der Waals surface area contributed by atoms with E-state index in [0.717, 1.165) is 22.3 Å². The van der Waals surface area contributed by atoms with Gasteiger partial charge in [-0.05, 0) is 24.3 Å². The van der Waals surface area contributed by atoms with Crippen LogP contribution in [0, 0.1) is 0 Å². The maximum absolute atomic E-state index is 6.18. The summed E-state index contributed by atoms with van der Waals surface area (Å²) in [5.74, 6) is 0. The van der Waals surface area contributed by atoms with E-state index in [0.29, 0.717) is 10.0 Å². The van der Waals surface area contributed by atoms with Gasteiger partial charge in [0, 0.05) is 11.6 Å². The number of benzene rings is 2. The molecule has 0 aliphatic carbocycles. The number of hydrogen-bond donors (Lipinski definition) is 1. The van der Waals surface area contributed by atoms with Gasteiger partial charge in [-0.3, -0.25) is 4.98 Å². The van der Waals surface area contributed by atoms with Gasteiger partial charge in [-0.1, -0.05) is 47.5 Å². The summed E-state index contributed by atoms with van der Waals surface area (Å²) < 4.78 is 0. The molecule has 0 aliphatic rings. The molecule has 1 aromatic heterocycles. The maximum Gasteiger partial charge on any atom is 0.0936 e. The number of aromatic nitrogens is 1. The van der Waals surface area contributed by atoms with Crippen molar-refractivity contribution >= 4 is 45.5 Å². The fourth-order valence-corrected chi connectivity index (χ4v) is 2.30. The molecule has 2 nitrogen and oxygen atoms in total. The zero-order valence-corrected chi connectivity index (χ0v) is 11.4. The van der Waals surface area contributed by atoms with Crippen molar-refractivity contribution in [3.05, 3.63) is 64.8 Å². The fraction of sp³-hybridized carbons (Fsp3) is 0. The van der Waals surface area contributed by atoms with Gasteiger partial charge < -0.3 is 5.32 Å². The number of rotatable bonds is 2. The second-order valence-electron chi connectivity index (χ2n) is 4.11. The number of fused-ring (bicyclic) bond motifs is 1. The molecular formula is C15H10Cl2N2. The number of nitrogens with zero attached hydrogens (tertiary/aromatic N) is 1. The van der Waals surface area contributed by atoms with Crippen molar-refractivity contribution in [3.63, 3.8) is 0 Å². The molecule has 0 unspecified atom stereocenters. The van der Waals surface area contributed by atoms with Gasteiger partial charge in [0.25, 0.3) is 0 Å². The summed E-state index contributed by atoms with van der Waals surface area (Å²) in [6, 6.07) is 15.4. The van der Waals surface area contributed by atoms with Crippen LogP contribution in [0.4, 0.5) is 11.4 Å². The van der Waals surface area contributed by atoms with Crippen LogP contribution in [-0.4, -0.2) is 4.98 Å². The molecule has 94 valence electrons. The lowest BCUT2D eigenvalue weighted by atomic mass is 10.2. The third-order valence-corrected chi connectivity index (χ3v) is 3.67. The quantitative estimate of drug-likeness (QED) is 0.693. The van der Waals surface area contributed by atoms with E-state index in [1.165, 1.54) is 0 Å². The smallest absolute Gasteiger partial charge is 0.0936 e. The normalized spacial score (nSPS) is 10.6. The average Bonchev–Trinajstić information content (AvgIpc) is 2.44. The largest absolute Gasteiger partial charge is 0.352 e. The van der Waals surface area contributed by atoms with Gasteiger partial charge in [0.2, 0.25) is 0 Å². The molecule has 0 amide bonds. The number of para-hydroxylation sites is 1. The van der Waals surface area contributed by atoms with Crippen LogP contribution in [0.2, 0.25) is 10.0 Å². The number of anilines is 2. The van der Waals surface area contributed by atoms with E-state index in [1.54, 1.807) is 12.3 Å². The maximum atomic E-state index is 6.18. The van der Waals surface area contributed by atoms with Crippen LogP contribution in [0.1, 0.15) is 0 Å². The highest BCUT2D eigenvalue weighted by Gasteiger charge is 2.07. The molecule has 1 heterocycles. The minimum atomic E-state index is 0.511. The van der Waals surface area contributed by atoms with Crippen molar-refractivity contribution in [2.24, 2.45) is 0 Å². The van der Waals surface area contributed by atoms with E-state index in [9.17, 15) is 0 Å². The minimum Gasteiger partial charge on any atom is -0.352 e. The van der Waals surface area contributed by atoms with Gasteiger partial charge in [0.15, 0.2) is 0 Å². The summed E-state index contributed by atoms with van der Waals surface area (Å²) in [6.45, 7) is 0. The van der Waals surface area contributed by atoms with E-state index in [4.69, 9.17) is 23.2 Å². The summed E-state index contributed by atoms with van der Waals surface area (Å²) in [7, 11) is 0. The summed E-state index contributed by atoms with van der Waals surface area (Å²) in [5.41, 5.74) is 2.58. The molecule has 0 saturated carbocycles. The second kappa shape index (κ2) is 5.08. The topological polar surface area (TPSA) is 24.9 Å². The van der Waals surface area contributed by atoms with Crippen LogP contribution in [0.5, 0.6) is 0 Å². The summed E-state index contributed by atoms with van der Waals surface area (Å²) in [6.07, 6.45) is 1.77. The van der Waals surface area contributed by atoms with Crippen LogP contribution >= 0.6 is 23.2 Å². The molecule has 3 aromatic rings. The molecule has 0 spiro atoms. The molecular weight excluding hydrogens is 279 g/mol. The lowest BCUT2D eigenvalue weighted by molar-refractivity contribution is 1.40. The molecule has 3 rings (SSSR count). The predicted molar refractivity (Wildman–Crippen MR) is 81.5 cm³/mol. The first-order valence-corrected chi connectivity index (χ1v) is 6.56. The zero-order chi connectivity index (χ0) is 13.2. The van der Waals surface area contributed by atoms with Crippen LogP contribution in [0.3, 0.4) is 0 Å². The molecule has 0 bridgehead atoms. The molecule has 0 radical (unpaired) electrons. The molecule has 0 atom stereocenters. The van der Waals surface area contributed by atoms with Crippen LogP contribution in [0.15, 0.2) is 54.7 Å². The van der Waals surface area contributed by atoms with Gasteiger partial charge in [-0.25, -0.2) is 0 Å². The van der Waals surface area contributed by atoms with E-state index in [1.807, 2.05) is 42.5 Å². The predicted octanol–water partition coefficient (Wildman–Crippen LogP) is 5.29. The Balaban J connectivity index is 2.09. The standard InChI is InChI=1S/C15H10Cl2N2/c16-11-6-2-7-12(14(11)17)19-13-8-1-4-10-5-3-9-18-15(10)13/h1-9,19H. The average molecular weight is 289 g/mol. The highest BCUT2D eigenvalue weighted by atomic mass is 35.5. The molecule has 4 heteroatoms. The lowest BCUT2D eigenvalue weighted by Gasteiger charge is -2.11. The first kappa shape index (κ1) is 12.3. The van der Waals surface area contributed by atoms with E-state index in [-0.39, 0.29) is 0 Å².